The van der Waals surface area contributed by atoms with Gasteiger partial charge in [0.25, 0.3) is 0 Å². The fraction of sp³-hybridized carbons (Fsp3) is 0.571. The Bertz CT molecular complexity index is 711. The van der Waals surface area contributed by atoms with E-state index in [1.807, 2.05) is 24.3 Å². The standard InChI is InChI=1S/C21H30ClN3O4S/c1-2-29-21(28)25-11-8-18(9-12-25)24-19(26)7-4-10-23-20(27)15-30-14-16-5-3-6-17(22)13-16/h3,5-6,13,18H,2,4,7-12,14-15H2,1H3,(H,23,27)(H,24,26). The second kappa shape index (κ2) is 13.4. The van der Waals surface area contributed by atoms with Crippen molar-refractivity contribution in [2.45, 2.75) is 44.4 Å². The average Bonchev–Trinajstić information content (AvgIpc) is 2.72. The van der Waals surface area contributed by atoms with Crippen LogP contribution in [-0.2, 0) is 20.1 Å². The highest BCUT2D eigenvalue weighted by atomic mass is 35.5. The number of nitrogens with one attached hydrogen (secondary N) is 2. The van der Waals surface area contributed by atoms with Gasteiger partial charge in [-0.15, -0.1) is 11.8 Å². The molecule has 0 radical (unpaired) electrons. The van der Waals surface area contributed by atoms with Crippen LogP contribution < -0.4 is 10.6 Å². The predicted molar refractivity (Wildman–Crippen MR) is 120 cm³/mol. The molecule has 0 bridgehead atoms. The molecular weight excluding hydrogens is 426 g/mol. The van der Waals surface area contributed by atoms with E-state index in [4.69, 9.17) is 16.3 Å². The van der Waals surface area contributed by atoms with Gasteiger partial charge in [0.2, 0.25) is 11.8 Å². The summed E-state index contributed by atoms with van der Waals surface area (Å²) in [6.45, 7) is 3.81. The first-order valence-electron chi connectivity index (χ1n) is 10.3. The lowest BCUT2D eigenvalue weighted by molar-refractivity contribution is -0.122. The van der Waals surface area contributed by atoms with Crippen molar-refractivity contribution >= 4 is 41.3 Å². The van der Waals surface area contributed by atoms with Gasteiger partial charge in [-0.1, -0.05) is 23.7 Å². The average molecular weight is 456 g/mol. The monoisotopic (exact) mass is 455 g/mol. The SMILES string of the molecule is CCOC(=O)N1CCC(NC(=O)CCCNC(=O)CSCc2cccc(Cl)c2)CC1. The highest BCUT2D eigenvalue weighted by molar-refractivity contribution is 7.99. The second-order valence-electron chi connectivity index (χ2n) is 7.10. The Morgan fingerprint density at radius 1 is 1.23 bits per heavy atom. The van der Waals surface area contributed by atoms with Crippen molar-refractivity contribution in [3.05, 3.63) is 34.9 Å². The van der Waals surface area contributed by atoms with Crippen LogP contribution in [0.1, 0.15) is 38.2 Å². The number of amides is 3. The molecule has 1 fully saturated rings. The highest BCUT2D eigenvalue weighted by Crippen LogP contribution is 2.16. The molecule has 2 N–H and O–H groups in total. The Kier molecular flexibility index (Phi) is 10.9. The molecular formula is C21H30ClN3O4S. The number of hydrogen-bond acceptors (Lipinski definition) is 5. The van der Waals surface area contributed by atoms with E-state index in [2.05, 4.69) is 10.6 Å². The first-order chi connectivity index (χ1) is 14.5. The van der Waals surface area contributed by atoms with Gasteiger partial charge in [-0.05, 0) is 43.9 Å². The van der Waals surface area contributed by atoms with E-state index in [0.717, 1.165) is 24.2 Å². The van der Waals surface area contributed by atoms with Gasteiger partial charge in [-0.25, -0.2) is 4.79 Å². The third kappa shape index (κ3) is 9.26. The van der Waals surface area contributed by atoms with E-state index in [9.17, 15) is 14.4 Å². The normalized spacial score (nSPS) is 14.3. The van der Waals surface area contributed by atoms with Crippen LogP contribution in [0.4, 0.5) is 4.79 Å². The number of carbonyl (C=O) groups is 3. The lowest BCUT2D eigenvalue weighted by atomic mass is 10.1. The molecule has 30 heavy (non-hydrogen) atoms. The Morgan fingerprint density at radius 3 is 2.70 bits per heavy atom. The summed E-state index contributed by atoms with van der Waals surface area (Å²) in [4.78, 5) is 37.3. The van der Waals surface area contributed by atoms with Gasteiger partial charge < -0.3 is 20.3 Å². The molecule has 0 spiro atoms. The molecule has 1 aliphatic heterocycles. The number of hydrogen-bond donors (Lipinski definition) is 2. The van der Waals surface area contributed by atoms with Crippen LogP contribution in [0.5, 0.6) is 0 Å². The minimum Gasteiger partial charge on any atom is -0.450 e. The minimum atomic E-state index is -0.288. The number of nitrogens with zero attached hydrogens (tertiary/aromatic N) is 1. The maximum Gasteiger partial charge on any atom is 0.409 e. The van der Waals surface area contributed by atoms with Gasteiger partial charge in [-0.2, -0.15) is 0 Å². The van der Waals surface area contributed by atoms with Crippen LogP contribution in [0, 0.1) is 0 Å². The number of ether oxygens (including phenoxy) is 1. The molecule has 1 aromatic rings. The number of benzene rings is 1. The summed E-state index contributed by atoms with van der Waals surface area (Å²) < 4.78 is 4.99. The Labute approximate surface area is 187 Å². The summed E-state index contributed by atoms with van der Waals surface area (Å²) in [5, 5.41) is 6.55. The van der Waals surface area contributed by atoms with Gasteiger partial charge in [0, 0.05) is 42.9 Å². The third-order valence-electron chi connectivity index (χ3n) is 4.68. The van der Waals surface area contributed by atoms with Crippen molar-refractivity contribution in [1.29, 1.82) is 0 Å². The number of rotatable bonds is 10. The Hall–Kier alpha value is -1.93. The molecule has 1 heterocycles. The number of likely N-dealkylation sites (tertiary alicyclic amines) is 1. The van der Waals surface area contributed by atoms with E-state index in [0.29, 0.717) is 49.9 Å². The van der Waals surface area contributed by atoms with Crippen LogP contribution in [0.2, 0.25) is 5.02 Å². The molecule has 1 aliphatic rings. The molecule has 0 aliphatic carbocycles. The van der Waals surface area contributed by atoms with Gasteiger partial charge in [0.05, 0.1) is 12.4 Å². The number of halogens is 1. The van der Waals surface area contributed by atoms with Crippen molar-refractivity contribution in [3.8, 4) is 0 Å². The van der Waals surface area contributed by atoms with Gasteiger partial charge in [0.15, 0.2) is 0 Å². The van der Waals surface area contributed by atoms with Crippen molar-refractivity contribution in [1.82, 2.24) is 15.5 Å². The van der Waals surface area contributed by atoms with Crippen LogP contribution in [-0.4, -0.2) is 60.8 Å². The molecule has 1 saturated heterocycles. The third-order valence-corrected chi connectivity index (χ3v) is 5.92. The molecule has 1 aromatic carbocycles. The smallest absolute Gasteiger partial charge is 0.409 e. The molecule has 0 saturated carbocycles. The van der Waals surface area contributed by atoms with Crippen LogP contribution in [0.3, 0.4) is 0 Å². The Morgan fingerprint density at radius 2 is 2.00 bits per heavy atom. The highest BCUT2D eigenvalue weighted by Gasteiger charge is 2.24. The van der Waals surface area contributed by atoms with Crippen LogP contribution in [0.15, 0.2) is 24.3 Å². The number of piperidine rings is 1. The zero-order valence-corrected chi connectivity index (χ0v) is 18.9. The maximum atomic E-state index is 12.1. The minimum absolute atomic E-state index is 0.0193. The molecule has 0 atom stereocenters. The van der Waals surface area contributed by atoms with E-state index in [-0.39, 0.29) is 23.9 Å². The van der Waals surface area contributed by atoms with E-state index in [1.54, 1.807) is 11.8 Å². The summed E-state index contributed by atoms with van der Waals surface area (Å²) in [7, 11) is 0. The first-order valence-corrected chi connectivity index (χ1v) is 11.8. The lowest BCUT2D eigenvalue weighted by Crippen LogP contribution is -2.46. The van der Waals surface area contributed by atoms with Gasteiger partial charge in [-0.3, -0.25) is 9.59 Å². The summed E-state index contributed by atoms with van der Waals surface area (Å²) in [5.74, 6) is 1.05. The van der Waals surface area contributed by atoms with E-state index in [1.165, 1.54) is 11.8 Å². The molecule has 0 aromatic heterocycles. The largest absolute Gasteiger partial charge is 0.450 e. The summed E-state index contributed by atoms with van der Waals surface area (Å²) in [6.07, 6.45) is 2.13. The fourth-order valence-corrected chi connectivity index (χ4v) is 4.15. The zero-order valence-electron chi connectivity index (χ0n) is 17.3. The van der Waals surface area contributed by atoms with Crippen LogP contribution >= 0.6 is 23.4 Å². The van der Waals surface area contributed by atoms with Gasteiger partial charge in [0.1, 0.15) is 0 Å². The van der Waals surface area contributed by atoms with E-state index < -0.39 is 0 Å². The summed E-state index contributed by atoms with van der Waals surface area (Å²) >= 11 is 7.48. The summed E-state index contributed by atoms with van der Waals surface area (Å²) in [6, 6.07) is 7.68. The molecule has 9 heteroatoms. The molecule has 7 nitrogen and oxygen atoms in total. The predicted octanol–water partition coefficient (Wildman–Crippen LogP) is 3.21. The molecule has 0 unspecified atom stereocenters. The quantitative estimate of drug-likeness (QED) is 0.529. The van der Waals surface area contributed by atoms with Gasteiger partial charge >= 0.3 is 6.09 Å². The van der Waals surface area contributed by atoms with Crippen molar-refractivity contribution in [2.75, 3.05) is 32.0 Å². The molecule has 2 rings (SSSR count). The second-order valence-corrected chi connectivity index (χ2v) is 8.53. The van der Waals surface area contributed by atoms with E-state index >= 15 is 0 Å². The first kappa shape index (κ1) is 24.3. The fourth-order valence-electron chi connectivity index (χ4n) is 3.14. The summed E-state index contributed by atoms with van der Waals surface area (Å²) in [5.41, 5.74) is 1.09. The van der Waals surface area contributed by atoms with Crippen LogP contribution in [0.25, 0.3) is 0 Å². The topological polar surface area (TPSA) is 87.7 Å². The zero-order chi connectivity index (χ0) is 21.8. The van der Waals surface area contributed by atoms with Crippen molar-refractivity contribution < 1.29 is 19.1 Å². The Balaban J connectivity index is 1.50. The lowest BCUT2D eigenvalue weighted by Gasteiger charge is -2.31. The van der Waals surface area contributed by atoms with Crippen molar-refractivity contribution in [2.24, 2.45) is 0 Å². The number of carbonyl (C=O) groups excluding carboxylic acids is 3. The number of thioether (sulfide) groups is 1. The maximum absolute atomic E-state index is 12.1. The molecule has 3 amide bonds. The van der Waals surface area contributed by atoms with Crippen molar-refractivity contribution in [3.63, 3.8) is 0 Å². The molecule has 166 valence electrons.